The molecule has 0 spiro atoms. The van der Waals surface area contributed by atoms with Gasteiger partial charge in [0.1, 0.15) is 11.7 Å². The number of rotatable bonds is 12. The van der Waals surface area contributed by atoms with Gasteiger partial charge in [0.2, 0.25) is 9.84 Å². The molecule has 14 heteroatoms. The fourth-order valence-electron chi connectivity index (χ4n) is 5.19. The number of esters is 1. The Morgan fingerprint density at radius 3 is 2.32 bits per heavy atom. The number of benzene rings is 3. The molecule has 2 amide bonds. The highest BCUT2D eigenvalue weighted by Gasteiger charge is 2.29. The van der Waals surface area contributed by atoms with Gasteiger partial charge in [-0.1, -0.05) is 35.9 Å². The van der Waals surface area contributed by atoms with E-state index in [0.717, 1.165) is 50.7 Å². The topological polar surface area (TPSA) is 147 Å². The van der Waals surface area contributed by atoms with Crippen LogP contribution in [0.5, 0.6) is 0 Å². The number of anilines is 1. The summed E-state index contributed by atoms with van der Waals surface area (Å²) in [5.41, 5.74) is 0.682. The van der Waals surface area contributed by atoms with Crippen molar-refractivity contribution in [3.05, 3.63) is 88.4 Å². The minimum atomic E-state index is -4.08. The third-order valence-electron chi connectivity index (χ3n) is 7.75. The highest BCUT2D eigenvalue weighted by molar-refractivity contribution is 7.91. The molecule has 0 aromatic heterocycles. The van der Waals surface area contributed by atoms with Gasteiger partial charge in [0.05, 0.1) is 41.8 Å². The molecule has 1 unspecified atom stereocenters. The second-order valence-corrected chi connectivity index (χ2v) is 15.0. The first kappa shape index (κ1) is 38.6. The van der Waals surface area contributed by atoms with Crippen LogP contribution in [0.25, 0.3) is 0 Å². The number of halogens is 1. The Balaban J connectivity index is 1.55. The summed E-state index contributed by atoms with van der Waals surface area (Å²) in [5, 5.41) is 2.91. The van der Waals surface area contributed by atoms with Crippen molar-refractivity contribution in [2.24, 2.45) is 0 Å². The lowest BCUT2D eigenvalue weighted by atomic mass is 10.1. The summed E-state index contributed by atoms with van der Waals surface area (Å²) >= 11 is 6.33. The number of carbonyl (C=O) groups is 3. The van der Waals surface area contributed by atoms with Crippen LogP contribution in [0.2, 0.25) is 5.02 Å². The molecule has 0 bridgehead atoms. The van der Waals surface area contributed by atoms with Gasteiger partial charge in [-0.2, -0.15) is 0 Å². The van der Waals surface area contributed by atoms with Crippen LogP contribution in [0, 0.1) is 0 Å². The van der Waals surface area contributed by atoms with Gasteiger partial charge < -0.3 is 28.6 Å². The number of ether oxygens (including phenoxy) is 5. The predicted octanol–water partition coefficient (Wildman–Crippen LogP) is 7.20. The molecule has 4 rings (SSSR count). The van der Waals surface area contributed by atoms with E-state index >= 15 is 0 Å². The molecule has 270 valence electrons. The Bertz CT molecular complexity index is 1750. The van der Waals surface area contributed by atoms with Crippen LogP contribution in [0.1, 0.15) is 67.6 Å². The van der Waals surface area contributed by atoms with Crippen LogP contribution in [0.3, 0.4) is 0 Å². The minimum Gasteiger partial charge on any atom is -0.465 e. The maximum atomic E-state index is 13.6. The molecule has 3 aromatic carbocycles. The zero-order valence-corrected chi connectivity index (χ0v) is 30.3. The van der Waals surface area contributed by atoms with Gasteiger partial charge in [0, 0.05) is 18.2 Å². The molecule has 0 radical (unpaired) electrons. The first-order valence-electron chi connectivity index (χ1n) is 16.1. The Morgan fingerprint density at radius 1 is 0.980 bits per heavy atom. The van der Waals surface area contributed by atoms with Crippen LogP contribution in [-0.2, 0) is 39.9 Å². The first-order valence-corrected chi connectivity index (χ1v) is 18.0. The van der Waals surface area contributed by atoms with Gasteiger partial charge in [-0.15, -0.1) is 0 Å². The van der Waals surface area contributed by atoms with Gasteiger partial charge in [-0.05, 0) is 100 Å². The molecule has 1 heterocycles. The molecule has 50 heavy (non-hydrogen) atoms. The molecular weight excluding hydrogens is 688 g/mol. The average Bonchev–Trinajstić information content (AvgIpc) is 3.09. The number of hydrogen-bond donors (Lipinski definition) is 1. The zero-order chi connectivity index (χ0) is 36.5. The number of hydrogen-bond acceptors (Lipinski definition) is 10. The lowest BCUT2D eigenvalue weighted by molar-refractivity contribution is -0.192. The highest BCUT2D eigenvalue weighted by atomic mass is 35.5. The summed E-state index contributed by atoms with van der Waals surface area (Å²) in [5.74, 6) is -0.840. The number of sulfone groups is 1. The molecule has 0 saturated carbocycles. The Hall–Kier alpha value is -4.17. The monoisotopic (exact) mass is 730 g/mol. The molecule has 0 aliphatic carbocycles. The van der Waals surface area contributed by atoms with E-state index in [1.807, 2.05) is 12.1 Å². The number of carbonyl (C=O) groups excluding carboxylic acids is 3. The molecule has 1 N–H and O–H groups in total. The van der Waals surface area contributed by atoms with Crippen molar-refractivity contribution in [3.8, 4) is 0 Å². The van der Waals surface area contributed by atoms with Crippen molar-refractivity contribution in [1.29, 1.82) is 0 Å². The first-order chi connectivity index (χ1) is 23.7. The molecule has 2 atom stereocenters. The van der Waals surface area contributed by atoms with Gasteiger partial charge in [0.15, 0.2) is 6.29 Å². The average molecular weight is 731 g/mol. The van der Waals surface area contributed by atoms with Gasteiger partial charge in [0.25, 0.3) is 0 Å². The SMILES string of the molecule is COC(=O)Nc1ccc(S(=O)(=O)c2ccc(CCN(C[C@H](OC3CCCCO3)c3cccc(Cl)c3)C(=O)OC(C)(C)C)cc2)cc1C(=O)OC. The number of methoxy groups -OCH3 is 2. The second-order valence-electron chi connectivity index (χ2n) is 12.6. The van der Waals surface area contributed by atoms with Crippen molar-refractivity contribution in [2.45, 2.75) is 74.2 Å². The quantitative estimate of drug-likeness (QED) is 0.150. The summed E-state index contributed by atoms with van der Waals surface area (Å²) in [6, 6.07) is 17.2. The van der Waals surface area contributed by atoms with E-state index in [1.165, 1.54) is 24.3 Å². The highest BCUT2D eigenvalue weighted by Crippen LogP contribution is 2.29. The van der Waals surface area contributed by atoms with Crippen molar-refractivity contribution in [1.82, 2.24) is 4.90 Å². The second kappa shape index (κ2) is 17.2. The van der Waals surface area contributed by atoms with E-state index in [2.05, 4.69) is 10.1 Å². The zero-order valence-electron chi connectivity index (χ0n) is 28.8. The maximum Gasteiger partial charge on any atom is 0.411 e. The summed E-state index contributed by atoms with van der Waals surface area (Å²) in [6.07, 6.45) is 0.702. The van der Waals surface area contributed by atoms with Crippen LogP contribution in [0.4, 0.5) is 15.3 Å². The third-order valence-corrected chi connectivity index (χ3v) is 9.75. The molecule has 1 aliphatic heterocycles. The molecular formula is C36H43ClN2O10S. The van der Waals surface area contributed by atoms with Gasteiger partial charge in [-0.3, -0.25) is 5.32 Å². The van der Waals surface area contributed by atoms with Crippen LogP contribution >= 0.6 is 11.6 Å². The summed E-state index contributed by atoms with van der Waals surface area (Å²) in [7, 11) is -1.78. The lowest BCUT2D eigenvalue weighted by Crippen LogP contribution is -2.41. The van der Waals surface area contributed by atoms with Crippen LogP contribution < -0.4 is 5.32 Å². The molecule has 1 saturated heterocycles. The number of nitrogens with zero attached hydrogens (tertiary/aromatic N) is 1. The van der Waals surface area contributed by atoms with Crippen LogP contribution in [-0.4, -0.2) is 77.3 Å². The van der Waals surface area contributed by atoms with Crippen molar-refractivity contribution in [2.75, 3.05) is 39.2 Å². The standard InChI is InChI=1S/C36H43ClN2O10S/c1-36(2,3)49-35(42)39(23-31(25-9-8-10-26(37)21-25)48-32-11-6-7-20-47-32)19-18-24-12-14-27(15-13-24)50(43,44)28-16-17-30(38-34(41)46-5)29(22-28)33(40)45-4/h8-10,12-17,21-22,31-32H,6-7,11,18-20,23H2,1-5H3,(H,38,41)/t31-,32?/m0/s1. The van der Waals surface area contributed by atoms with E-state index < -0.39 is 46.0 Å². The number of amides is 2. The molecule has 12 nitrogen and oxygen atoms in total. The van der Waals surface area contributed by atoms with E-state index in [1.54, 1.807) is 49.9 Å². The van der Waals surface area contributed by atoms with E-state index in [-0.39, 0.29) is 34.1 Å². The maximum absolute atomic E-state index is 13.6. The fraction of sp³-hybridized carbons (Fsp3) is 0.417. The van der Waals surface area contributed by atoms with E-state index in [0.29, 0.717) is 18.1 Å². The summed E-state index contributed by atoms with van der Waals surface area (Å²) in [6.45, 7) is 6.37. The Labute approximate surface area is 297 Å². The number of nitrogens with one attached hydrogen (secondary N) is 1. The van der Waals surface area contributed by atoms with Crippen molar-refractivity contribution in [3.63, 3.8) is 0 Å². The van der Waals surface area contributed by atoms with Gasteiger partial charge in [-0.25, -0.2) is 22.8 Å². The molecule has 1 aliphatic rings. The minimum absolute atomic E-state index is 0.0170. The lowest BCUT2D eigenvalue weighted by Gasteiger charge is -2.33. The van der Waals surface area contributed by atoms with Crippen molar-refractivity contribution < 1.29 is 46.5 Å². The largest absolute Gasteiger partial charge is 0.465 e. The Kier molecular flexibility index (Phi) is 13.3. The smallest absolute Gasteiger partial charge is 0.411 e. The van der Waals surface area contributed by atoms with E-state index in [9.17, 15) is 22.8 Å². The van der Waals surface area contributed by atoms with Gasteiger partial charge >= 0.3 is 18.2 Å². The summed E-state index contributed by atoms with van der Waals surface area (Å²) in [4.78, 5) is 39.0. The van der Waals surface area contributed by atoms with E-state index in [4.69, 9.17) is 30.5 Å². The van der Waals surface area contributed by atoms with Crippen LogP contribution in [0.15, 0.2) is 76.5 Å². The fourth-order valence-corrected chi connectivity index (χ4v) is 6.68. The predicted molar refractivity (Wildman–Crippen MR) is 186 cm³/mol. The molecule has 3 aromatic rings. The van der Waals surface area contributed by atoms with Crippen molar-refractivity contribution >= 4 is 45.3 Å². The third kappa shape index (κ3) is 10.7. The summed E-state index contributed by atoms with van der Waals surface area (Å²) < 4.78 is 54.5. The Morgan fingerprint density at radius 2 is 1.70 bits per heavy atom. The normalized spacial score (nSPS) is 15.4. The molecule has 1 fully saturated rings.